The van der Waals surface area contributed by atoms with Gasteiger partial charge in [-0.25, -0.2) is 14.0 Å². The number of piperidine rings is 1. The summed E-state index contributed by atoms with van der Waals surface area (Å²) < 4.78 is 25.3. The number of amides is 2. The van der Waals surface area contributed by atoms with Crippen LogP contribution in [0.15, 0.2) is 29.6 Å². The Hall–Kier alpha value is -3.45. The Morgan fingerprint density at radius 1 is 1.18 bits per heavy atom. The molecule has 2 aliphatic carbocycles. The molecule has 6 atom stereocenters. The minimum atomic E-state index is -0.968. The summed E-state index contributed by atoms with van der Waals surface area (Å²) in [7, 11) is 1.30. The van der Waals surface area contributed by atoms with Crippen molar-refractivity contribution in [1.29, 1.82) is 5.26 Å². The average Bonchev–Trinajstić information content (AvgIpc) is 3.21. The predicted molar refractivity (Wildman–Crippen MR) is 138 cm³/mol. The molecule has 0 spiro atoms. The van der Waals surface area contributed by atoms with Crippen molar-refractivity contribution in [3.63, 3.8) is 0 Å². The van der Waals surface area contributed by atoms with Crippen LogP contribution in [0, 0.1) is 34.9 Å². The number of halogens is 1. The van der Waals surface area contributed by atoms with E-state index in [1.54, 1.807) is 49.3 Å². The van der Waals surface area contributed by atoms with Crippen LogP contribution < -0.4 is 5.32 Å². The van der Waals surface area contributed by atoms with Crippen LogP contribution in [0.5, 0.6) is 0 Å². The summed E-state index contributed by atoms with van der Waals surface area (Å²) in [4.78, 5) is 40.1. The van der Waals surface area contributed by atoms with Gasteiger partial charge in [0.15, 0.2) is 0 Å². The monoisotopic (exact) mass is 539 g/mol. The molecule has 200 valence electrons. The van der Waals surface area contributed by atoms with Gasteiger partial charge in [0.1, 0.15) is 28.4 Å². The lowest BCUT2D eigenvalue weighted by molar-refractivity contribution is -0.128. The van der Waals surface area contributed by atoms with Gasteiger partial charge in [-0.1, -0.05) is 12.1 Å². The summed E-state index contributed by atoms with van der Waals surface area (Å²) in [6, 6.07) is 6.67. The van der Waals surface area contributed by atoms with Gasteiger partial charge in [0.05, 0.1) is 13.2 Å². The lowest BCUT2D eigenvalue weighted by Gasteiger charge is -2.35. The normalized spacial score (nSPS) is 25.8. The lowest BCUT2D eigenvalue weighted by Crippen LogP contribution is -2.56. The van der Waals surface area contributed by atoms with E-state index in [-0.39, 0.29) is 23.9 Å². The van der Waals surface area contributed by atoms with Crippen molar-refractivity contribution in [2.24, 2.45) is 17.8 Å². The van der Waals surface area contributed by atoms with Crippen LogP contribution in [-0.2, 0) is 20.7 Å². The Morgan fingerprint density at radius 3 is 2.61 bits per heavy atom. The molecule has 3 fully saturated rings. The molecule has 2 saturated carbocycles. The summed E-state index contributed by atoms with van der Waals surface area (Å²) in [6.07, 6.45) is 1.24. The fraction of sp³-hybridized carbons (Fsp3) is 0.500. The van der Waals surface area contributed by atoms with Gasteiger partial charge in [-0.2, -0.15) is 5.26 Å². The number of nitrogens with zero attached hydrogens (tertiary/aromatic N) is 2. The third kappa shape index (κ3) is 4.87. The molecule has 2 heterocycles. The zero-order valence-electron chi connectivity index (χ0n) is 21.7. The van der Waals surface area contributed by atoms with Crippen LogP contribution in [0.3, 0.4) is 0 Å². The van der Waals surface area contributed by atoms with Gasteiger partial charge in [0.25, 0.3) is 0 Å². The molecule has 0 radical (unpaired) electrons. The van der Waals surface area contributed by atoms with Crippen LogP contribution >= 0.6 is 11.3 Å². The van der Waals surface area contributed by atoms with Crippen molar-refractivity contribution in [3.8, 4) is 17.2 Å². The molecule has 2 amide bonds. The highest BCUT2D eigenvalue weighted by molar-refractivity contribution is 7.12. The first kappa shape index (κ1) is 26.2. The molecule has 2 bridgehead atoms. The number of nitrogens with one attached hydrogen (secondary N) is 1. The number of carbonyl (C=O) groups is 3. The highest BCUT2D eigenvalue weighted by Gasteiger charge is 2.67. The van der Waals surface area contributed by atoms with E-state index in [9.17, 15) is 19.6 Å². The SMILES string of the molecule is COC(=O)c1cc(-c2ccc(C[C@@H](C#N)NC(=O)[C@@H]3[C@@H]4C[C@@H]([C@H]5C[C@@H]45)N3C(=O)OC(C)(C)C)c(F)c2)cs1. The van der Waals surface area contributed by atoms with Gasteiger partial charge in [0, 0.05) is 12.5 Å². The van der Waals surface area contributed by atoms with E-state index >= 15 is 4.39 Å². The van der Waals surface area contributed by atoms with Gasteiger partial charge in [-0.15, -0.1) is 11.3 Å². The van der Waals surface area contributed by atoms with E-state index in [0.717, 1.165) is 12.8 Å². The Labute approximate surface area is 224 Å². The maximum Gasteiger partial charge on any atom is 0.411 e. The number of hydrogen-bond donors (Lipinski definition) is 1. The molecule has 8 nitrogen and oxygen atoms in total. The van der Waals surface area contributed by atoms with Crippen molar-refractivity contribution < 1.29 is 28.2 Å². The molecular formula is C28H30FN3O5S. The molecule has 1 aliphatic heterocycles. The lowest BCUT2D eigenvalue weighted by atomic mass is 9.95. The second-order valence-electron chi connectivity index (χ2n) is 11.3. The molecule has 3 aliphatic rings. The molecule has 1 saturated heterocycles. The molecule has 1 aromatic carbocycles. The molecule has 1 aromatic heterocycles. The zero-order chi connectivity index (χ0) is 27.4. The first-order valence-corrected chi connectivity index (χ1v) is 13.6. The highest BCUT2D eigenvalue weighted by atomic mass is 32.1. The third-order valence-electron chi connectivity index (χ3n) is 7.65. The zero-order valence-corrected chi connectivity index (χ0v) is 22.5. The van der Waals surface area contributed by atoms with Crippen molar-refractivity contribution in [2.75, 3.05) is 7.11 Å². The number of methoxy groups -OCH3 is 1. The topological polar surface area (TPSA) is 109 Å². The van der Waals surface area contributed by atoms with Crippen LogP contribution in [0.4, 0.5) is 9.18 Å². The van der Waals surface area contributed by atoms with E-state index in [1.165, 1.54) is 24.5 Å². The number of ether oxygens (including phenoxy) is 2. The largest absolute Gasteiger partial charge is 0.465 e. The highest BCUT2D eigenvalue weighted by Crippen LogP contribution is 2.63. The molecule has 5 rings (SSSR count). The van der Waals surface area contributed by atoms with E-state index in [2.05, 4.69) is 11.4 Å². The number of benzene rings is 1. The summed E-state index contributed by atoms with van der Waals surface area (Å²) in [6.45, 7) is 5.36. The summed E-state index contributed by atoms with van der Waals surface area (Å²) in [5.74, 6) is -0.471. The Balaban J connectivity index is 1.28. The maximum absolute atomic E-state index is 15.0. The number of hydrogen-bond acceptors (Lipinski definition) is 7. The van der Waals surface area contributed by atoms with Gasteiger partial charge >= 0.3 is 12.1 Å². The fourth-order valence-corrected chi connectivity index (χ4v) is 6.80. The number of thiophene rings is 1. The average molecular weight is 540 g/mol. The first-order valence-electron chi connectivity index (χ1n) is 12.7. The predicted octanol–water partition coefficient (Wildman–Crippen LogP) is 4.54. The van der Waals surface area contributed by atoms with Gasteiger partial charge in [-0.05, 0) is 85.6 Å². The number of likely N-dealkylation sites (tertiary alicyclic amines) is 1. The second-order valence-corrected chi connectivity index (χ2v) is 12.2. The molecular weight excluding hydrogens is 509 g/mol. The van der Waals surface area contributed by atoms with Crippen molar-refractivity contribution in [1.82, 2.24) is 10.2 Å². The number of esters is 1. The van der Waals surface area contributed by atoms with Gasteiger partial charge in [0.2, 0.25) is 5.91 Å². The summed E-state index contributed by atoms with van der Waals surface area (Å²) in [5.41, 5.74) is 0.862. The van der Waals surface area contributed by atoms with Crippen molar-refractivity contribution in [2.45, 2.75) is 63.8 Å². The van der Waals surface area contributed by atoms with E-state index in [0.29, 0.717) is 27.8 Å². The van der Waals surface area contributed by atoms with Gasteiger partial charge < -0.3 is 14.8 Å². The number of rotatable bonds is 6. The summed E-state index contributed by atoms with van der Waals surface area (Å²) in [5, 5.41) is 14.3. The summed E-state index contributed by atoms with van der Waals surface area (Å²) >= 11 is 1.21. The minimum Gasteiger partial charge on any atom is -0.465 e. The van der Waals surface area contributed by atoms with Crippen LogP contribution in [-0.4, -0.2) is 53.7 Å². The van der Waals surface area contributed by atoms with E-state index < -0.39 is 41.5 Å². The number of fused-ring (bicyclic) bond motifs is 5. The fourth-order valence-electron chi connectivity index (χ4n) is 5.97. The van der Waals surface area contributed by atoms with Crippen LogP contribution in [0.25, 0.3) is 11.1 Å². The van der Waals surface area contributed by atoms with Gasteiger partial charge in [-0.3, -0.25) is 9.69 Å². The van der Waals surface area contributed by atoms with Crippen LogP contribution in [0.2, 0.25) is 0 Å². The molecule has 2 aromatic rings. The Bertz CT molecular complexity index is 1330. The third-order valence-corrected chi connectivity index (χ3v) is 8.56. The minimum absolute atomic E-state index is 0.0158. The quantitative estimate of drug-likeness (QED) is 0.540. The standard InChI is InChI=1S/C28H30FN3O5S/c1-28(2,3)37-27(35)32-22-11-20(18-10-19(18)22)24(32)25(33)31-17(12-30)7-15-6-5-14(8-21(15)29)16-9-23(38-13-16)26(34)36-4/h5-6,8-9,13,17-20,22,24H,7,10-11H2,1-4H3,(H,31,33)/t17-,18+,19-,20+,22-,24-/m0/s1. The first-order chi connectivity index (χ1) is 18.0. The Kier molecular flexibility index (Phi) is 6.68. The Morgan fingerprint density at radius 2 is 1.95 bits per heavy atom. The number of carbonyl (C=O) groups excluding carboxylic acids is 3. The molecule has 38 heavy (non-hydrogen) atoms. The number of nitriles is 1. The van der Waals surface area contributed by atoms with Crippen LogP contribution in [0.1, 0.15) is 48.8 Å². The molecule has 1 N–H and O–H groups in total. The second kappa shape index (κ2) is 9.70. The molecule has 10 heteroatoms. The maximum atomic E-state index is 15.0. The molecule has 0 unspecified atom stereocenters. The smallest absolute Gasteiger partial charge is 0.411 e. The van der Waals surface area contributed by atoms with E-state index in [4.69, 9.17) is 9.47 Å². The van der Waals surface area contributed by atoms with Crippen molar-refractivity contribution in [3.05, 3.63) is 45.9 Å². The van der Waals surface area contributed by atoms with E-state index in [1.807, 2.05) is 0 Å². The van der Waals surface area contributed by atoms with Crippen molar-refractivity contribution >= 4 is 29.3 Å².